The quantitative estimate of drug-likeness (QED) is 0.680. The van der Waals surface area contributed by atoms with Crippen LogP contribution in [0.15, 0.2) is 71.1 Å². The normalized spacial score (nSPS) is 13.2. The van der Waals surface area contributed by atoms with Crippen molar-refractivity contribution in [1.82, 2.24) is 4.98 Å². The van der Waals surface area contributed by atoms with E-state index in [2.05, 4.69) is 10.3 Å². The van der Waals surface area contributed by atoms with Gasteiger partial charge in [0.25, 0.3) is 0 Å². The third-order valence-corrected chi connectivity index (χ3v) is 5.21. The lowest BCUT2D eigenvalue weighted by molar-refractivity contribution is 0.0969. The standard InChI is InChI=1S/C18H16N2O2S2/c1-24(22)15-9-7-14(8-10-15)17(21)16(13-5-3-2-4-6-13)20-18-19-11-12-23-18/h2-12,16H,1H3,(H,19,20). The zero-order valence-electron chi connectivity index (χ0n) is 13.0. The fourth-order valence-corrected chi connectivity index (χ4v) is 3.42. The fraction of sp³-hybridized carbons (Fsp3) is 0.111. The van der Waals surface area contributed by atoms with Crippen molar-refractivity contribution in [2.75, 3.05) is 11.6 Å². The number of nitrogens with one attached hydrogen (secondary N) is 1. The van der Waals surface area contributed by atoms with E-state index in [0.717, 1.165) is 5.56 Å². The van der Waals surface area contributed by atoms with Gasteiger partial charge in [0.05, 0.1) is 0 Å². The summed E-state index contributed by atoms with van der Waals surface area (Å²) in [6.07, 6.45) is 3.32. The largest absolute Gasteiger partial charge is 0.347 e. The summed E-state index contributed by atoms with van der Waals surface area (Å²) in [5, 5.41) is 5.77. The van der Waals surface area contributed by atoms with E-state index in [0.29, 0.717) is 15.6 Å². The van der Waals surface area contributed by atoms with Gasteiger partial charge in [-0.2, -0.15) is 0 Å². The summed E-state index contributed by atoms with van der Waals surface area (Å²) in [5.41, 5.74) is 1.45. The van der Waals surface area contributed by atoms with E-state index in [1.165, 1.54) is 11.3 Å². The van der Waals surface area contributed by atoms with Gasteiger partial charge in [-0.1, -0.05) is 42.5 Å². The minimum absolute atomic E-state index is 0.0511. The van der Waals surface area contributed by atoms with Gasteiger partial charge in [-0.05, 0) is 17.7 Å². The van der Waals surface area contributed by atoms with E-state index in [1.54, 1.807) is 36.7 Å². The van der Waals surface area contributed by atoms with E-state index in [-0.39, 0.29) is 5.78 Å². The van der Waals surface area contributed by atoms with Gasteiger partial charge >= 0.3 is 0 Å². The SMILES string of the molecule is CS(=O)c1ccc(C(=O)C(Nc2nccs2)c2ccccc2)cc1. The molecule has 3 rings (SSSR count). The number of aromatic nitrogens is 1. The predicted octanol–water partition coefficient (Wildman–Crippen LogP) is 3.92. The molecule has 4 nitrogen and oxygen atoms in total. The van der Waals surface area contributed by atoms with Crippen LogP contribution in [0.25, 0.3) is 0 Å². The molecule has 0 amide bonds. The molecule has 0 radical (unpaired) electrons. The van der Waals surface area contributed by atoms with Crippen molar-refractivity contribution in [3.05, 3.63) is 77.3 Å². The van der Waals surface area contributed by atoms with Crippen molar-refractivity contribution < 1.29 is 9.00 Å². The summed E-state index contributed by atoms with van der Waals surface area (Å²) in [4.78, 5) is 17.9. The first kappa shape index (κ1) is 16.5. The smallest absolute Gasteiger partial charge is 0.189 e. The first-order chi connectivity index (χ1) is 11.6. The number of rotatable bonds is 6. The number of hydrogen-bond acceptors (Lipinski definition) is 5. The summed E-state index contributed by atoms with van der Waals surface area (Å²) in [7, 11) is -1.06. The molecule has 0 fully saturated rings. The van der Waals surface area contributed by atoms with Gasteiger partial charge in [0, 0.05) is 39.1 Å². The van der Waals surface area contributed by atoms with Crippen LogP contribution in [0, 0.1) is 0 Å². The lowest BCUT2D eigenvalue weighted by Gasteiger charge is -2.18. The molecule has 122 valence electrons. The highest BCUT2D eigenvalue weighted by atomic mass is 32.2. The van der Waals surface area contributed by atoms with Gasteiger partial charge in [-0.3, -0.25) is 9.00 Å². The van der Waals surface area contributed by atoms with Crippen molar-refractivity contribution in [3.8, 4) is 0 Å². The third kappa shape index (κ3) is 3.77. The van der Waals surface area contributed by atoms with E-state index in [4.69, 9.17) is 0 Å². The summed E-state index contributed by atoms with van der Waals surface area (Å²) < 4.78 is 11.5. The Morgan fingerprint density at radius 1 is 1.12 bits per heavy atom. The maximum Gasteiger partial charge on any atom is 0.189 e. The van der Waals surface area contributed by atoms with Crippen LogP contribution < -0.4 is 5.32 Å². The number of nitrogens with zero attached hydrogens (tertiary/aromatic N) is 1. The molecule has 0 saturated heterocycles. The lowest BCUT2D eigenvalue weighted by Crippen LogP contribution is -2.21. The monoisotopic (exact) mass is 356 g/mol. The van der Waals surface area contributed by atoms with Crippen LogP contribution >= 0.6 is 11.3 Å². The Bertz CT molecular complexity index is 831. The molecule has 1 heterocycles. The third-order valence-electron chi connectivity index (χ3n) is 3.57. The number of thiazole rings is 1. The van der Waals surface area contributed by atoms with Crippen molar-refractivity contribution in [3.63, 3.8) is 0 Å². The second kappa shape index (κ2) is 7.51. The summed E-state index contributed by atoms with van der Waals surface area (Å²) in [5.74, 6) is -0.0511. The Kier molecular flexibility index (Phi) is 5.17. The molecular weight excluding hydrogens is 340 g/mol. The highest BCUT2D eigenvalue weighted by Crippen LogP contribution is 2.25. The molecular formula is C18H16N2O2S2. The Labute approximate surface area is 147 Å². The molecule has 1 aromatic heterocycles. The molecule has 0 aliphatic carbocycles. The molecule has 2 aromatic carbocycles. The zero-order chi connectivity index (χ0) is 16.9. The molecule has 0 bridgehead atoms. The maximum absolute atomic E-state index is 13.0. The number of carbonyl (C=O) groups is 1. The van der Waals surface area contributed by atoms with Crippen LogP contribution in [0.5, 0.6) is 0 Å². The van der Waals surface area contributed by atoms with Gasteiger partial charge in [0.15, 0.2) is 10.9 Å². The maximum atomic E-state index is 13.0. The minimum atomic E-state index is -1.06. The second-order valence-electron chi connectivity index (χ2n) is 5.17. The summed E-state index contributed by atoms with van der Waals surface area (Å²) in [6.45, 7) is 0. The van der Waals surface area contributed by atoms with Crippen molar-refractivity contribution >= 4 is 33.1 Å². The van der Waals surface area contributed by atoms with Crippen molar-refractivity contribution in [2.45, 2.75) is 10.9 Å². The molecule has 0 aliphatic heterocycles. The highest BCUT2D eigenvalue weighted by molar-refractivity contribution is 7.84. The van der Waals surface area contributed by atoms with Crippen molar-refractivity contribution in [2.24, 2.45) is 0 Å². The van der Waals surface area contributed by atoms with Gasteiger partial charge in [-0.25, -0.2) is 4.98 Å². The molecule has 3 aromatic rings. The second-order valence-corrected chi connectivity index (χ2v) is 7.44. The van der Waals surface area contributed by atoms with E-state index >= 15 is 0 Å². The number of anilines is 1. The van der Waals surface area contributed by atoms with Gasteiger partial charge in [0.1, 0.15) is 6.04 Å². The lowest BCUT2D eigenvalue weighted by atomic mass is 9.97. The van der Waals surface area contributed by atoms with Crippen LogP contribution in [0.1, 0.15) is 22.0 Å². The minimum Gasteiger partial charge on any atom is -0.347 e. The van der Waals surface area contributed by atoms with Crippen LogP contribution in [0.2, 0.25) is 0 Å². The Morgan fingerprint density at radius 3 is 2.42 bits per heavy atom. The summed E-state index contributed by atoms with van der Waals surface area (Å²) in [6, 6.07) is 15.9. The Hall–Kier alpha value is -2.31. The van der Waals surface area contributed by atoms with Crippen LogP contribution in [-0.2, 0) is 10.8 Å². The van der Waals surface area contributed by atoms with Crippen LogP contribution in [0.4, 0.5) is 5.13 Å². The highest BCUT2D eigenvalue weighted by Gasteiger charge is 2.22. The number of Topliss-reactive ketones (excluding diaryl/α,β-unsaturated/α-hetero) is 1. The predicted molar refractivity (Wildman–Crippen MR) is 98.0 cm³/mol. The summed E-state index contributed by atoms with van der Waals surface area (Å²) >= 11 is 1.45. The van der Waals surface area contributed by atoms with Gasteiger partial charge in [-0.15, -0.1) is 11.3 Å². The molecule has 1 N–H and O–H groups in total. The number of hydrogen-bond donors (Lipinski definition) is 1. The zero-order valence-corrected chi connectivity index (χ0v) is 14.6. The Morgan fingerprint density at radius 2 is 1.83 bits per heavy atom. The number of benzene rings is 2. The fourth-order valence-electron chi connectivity index (χ4n) is 2.34. The first-order valence-electron chi connectivity index (χ1n) is 7.34. The van der Waals surface area contributed by atoms with Crippen LogP contribution in [-0.4, -0.2) is 21.2 Å². The first-order valence-corrected chi connectivity index (χ1v) is 9.77. The Balaban J connectivity index is 1.92. The molecule has 0 aliphatic rings. The average molecular weight is 356 g/mol. The average Bonchev–Trinajstić information content (AvgIpc) is 3.13. The van der Waals surface area contributed by atoms with Gasteiger partial charge in [0.2, 0.25) is 0 Å². The van der Waals surface area contributed by atoms with E-state index < -0.39 is 16.8 Å². The molecule has 2 atom stereocenters. The molecule has 24 heavy (non-hydrogen) atoms. The van der Waals surface area contributed by atoms with E-state index in [9.17, 15) is 9.00 Å². The number of ketones is 1. The molecule has 6 heteroatoms. The van der Waals surface area contributed by atoms with Gasteiger partial charge < -0.3 is 5.32 Å². The van der Waals surface area contributed by atoms with E-state index in [1.807, 2.05) is 35.7 Å². The van der Waals surface area contributed by atoms with Crippen LogP contribution in [0.3, 0.4) is 0 Å². The number of carbonyl (C=O) groups excluding carboxylic acids is 1. The molecule has 0 saturated carbocycles. The molecule has 2 unspecified atom stereocenters. The topological polar surface area (TPSA) is 59.1 Å². The van der Waals surface area contributed by atoms with Crippen molar-refractivity contribution in [1.29, 1.82) is 0 Å². The molecule has 0 spiro atoms.